The summed E-state index contributed by atoms with van der Waals surface area (Å²) >= 11 is 0. The van der Waals surface area contributed by atoms with E-state index in [1.165, 1.54) is 30.3 Å². The third kappa shape index (κ3) is 4.33. The second kappa shape index (κ2) is 6.42. The Kier molecular flexibility index (Phi) is 4.97. The Bertz CT molecular complexity index is 901. The zero-order valence-electron chi connectivity index (χ0n) is 11.0. The third-order valence-electron chi connectivity index (χ3n) is 2.78. The van der Waals surface area contributed by atoms with Crippen LogP contribution in [0.4, 0.5) is 0 Å². The highest BCUT2D eigenvalue weighted by atomic mass is 35.7. The Morgan fingerprint density at radius 2 is 1.36 bits per heavy atom. The molecule has 2 rings (SSSR count). The van der Waals surface area contributed by atoms with E-state index in [9.17, 15) is 16.8 Å². The molecule has 0 unspecified atom stereocenters. The summed E-state index contributed by atoms with van der Waals surface area (Å²) in [5.41, 5.74) is 0.915. The molecule has 0 aromatic heterocycles. The van der Waals surface area contributed by atoms with Gasteiger partial charge in [-0.1, -0.05) is 42.5 Å². The van der Waals surface area contributed by atoms with Gasteiger partial charge in [0.2, 0.25) is 0 Å². The van der Waals surface area contributed by atoms with Crippen LogP contribution in [-0.2, 0) is 18.1 Å². The second-order valence-electron chi connectivity index (χ2n) is 4.32. The molecule has 4 nitrogen and oxygen atoms in total. The van der Waals surface area contributed by atoms with Crippen molar-refractivity contribution in [3.8, 4) is 0 Å². The first-order chi connectivity index (χ1) is 10.2. The quantitative estimate of drug-likeness (QED) is 0.602. The lowest BCUT2D eigenvalue weighted by Gasteiger charge is -2.05. The Morgan fingerprint density at radius 1 is 0.818 bits per heavy atom. The fraction of sp³-hybridized carbons (Fsp3) is 0. The smallest absolute Gasteiger partial charge is 0.207 e. The highest BCUT2D eigenvalue weighted by Crippen LogP contribution is 2.28. The van der Waals surface area contributed by atoms with Gasteiger partial charge in [-0.2, -0.15) is 0 Å². The molecule has 2 aromatic carbocycles. The number of halogens is 2. The zero-order chi connectivity index (χ0) is 16.4. The van der Waals surface area contributed by atoms with Gasteiger partial charge < -0.3 is 0 Å². The van der Waals surface area contributed by atoms with Gasteiger partial charge in [-0.3, -0.25) is 0 Å². The highest BCUT2D eigenvalue weighted by molar-refractivity contribution is 8.21. The maximum atomic E-state index is 11.8. The lowest BCUT2D eigenvalue weighted by Crippen LogP contribution is -1.96. The van der Waals surface area contributed by atoms with Gasteiger partial charge in [0.15, 0.2) is 0 Å². The van der Waals surface area contributed by atoms with Crippen LogP contribution in [0, 0.1) is 0 Å². The van der Waals surface area contributed by atoms with Crippen molar-refractivity contribution in [2.45, 2.75) is 4.90 Å². The first-order valence-electron chi connectivity index (χ1n) is 5.94. The first-order valence-corrected chi connectivity index (χ1v) is 10.6. The molecule has 0 atom stereocenters. The zero-order valence-corrected chi connectivity index (χ0v) is 14.1. The van der Waals surface area contributed by atoms with Crippen LogP contribution in [0.25, 0.3) is 11.0 Å². The van der Waals surface area contributed by atoms with Crippen LogP contribution in [0.15, 0.2) is 59.5 Å². The predicted molar refractivity (Wildman–Crippen MR) is 88.6 cm³/mol. The van der Waals surface area contributed by atoms with Crippen molar-refractivity contribution < 1.29 is 16.8 Å². The molecule has 0 aliphatic heterocycles. The summed E-state index contributed by atoms with van der Waals surface area (Å²) in [5, 5.41) is 0. The van der Waals surface area contributed by atoms with Gasteiger partial charge in [-0.25, -0.2) is 16.8 Å². The van der Waals surface area contributed by atoms with Crippen LogP contribution < -0.4 is 0 Å². The molecule has 0 amide bonds. The molecule has 0 heterocycles. The first kappa shape index (κ1) is 17.0. The standard InChI is InChI=1S/C14H10Cl2O4S2/c15-21(17,18)13-8-6-12(7-9-13)14(22(16,19)20)10-11-4-2-1-3-5-11/h1-10H. The van der Waals surface area contributed by atoms with Crippen molar-refractivity contribution in [2.75, 3.05) is 0 Å². The number of benzene rings is 2. The Balaban J connectivity index is 2.55. The molecule has 0 saturated heterocycles. The van der Waals surface area contributed by atoms with Crippen molar-refractivity contribution in [2.24, 2.45) is 0 Å². The Labute approximate surface area is 137 Å². The molecule has 8 heteroatoms. The topological polar surface area (TPSA) is 68.3 Å². The molecule has 116 valence electrons. The van der Waals surface area contributed by atoms with Crippen LogP contribution in [0.5, 0.6) is 0 Å². The van der Waals surface area contributed by atoms with Gasteiger partial charge in [-0.15, -0.1) is 0 Å². The summed E-state index contributed by atoms with van der Waals surface area (Å²) in [7, 11) is 2.81. The Hall–Kier alpha value is -1.34. The lowest BCUT2D eigenvalue weighted by molar-refractivity contribution is 0.609. The predicted octanol–water partition coefficient (Wildman–Crippen LogP) is 3.68. The molecule has 0 radical (unpaired) electrons. The molecule has 0 aliphatic carbocycles. The minimum absolute atomic E-state index is 0.121. The summed E-state index contributed by atoms with van der Waals surface area (Å²) in [6.07, 6.45) is 1.41. The van der Waals surface area contributed by atoms with E-state index in [1.807, 2.05) is 0 Å². The van der Waals surface area contributed by atoms with Crippen molar-refractivity contribution in [1.29, 1.82) is 0 Å². The maximum absolute atomic E-state index is 11.8. The van der Waals surface area contributed by atoms with Gasteiger partial charge in [0.1, 0.15) is 0 Å². The molecule has 0 fully saturated rings. The van der Waals surface area contributed by atoms with E-state index in [0.717, 1.165) is 0 Å². The Morgan fingerprint density at radius 3 is 1.82 bits per heavy atom. The van der Waals surface area contributed by atoms with Gasteiger partial charge in [-0.05, 0) is 29.3 Å². The summed E-state index contributed by atoms with van der Waals surface area (Å²) in [4.78, 5) is -0.247. The monoisotopic (exact) mass is 376 g/mol. The van der Waals surface area contributed by atoms with Crippen molar-refractivity contribution >= 4 is 50.4 Å². The molecule has 0 spiro atoms. The van der Waals surface area contributed by atoms with E-state index in [1.54, 1.807) is 30.3 Å². The maximum Gasteiger partial charge on any atom is 0.261 e. The number of hydrogen-bond donors (Lipinski definition) is 0. The highest BCUT2D eigenvalue weighted by Gasteiger charge is 2.18. The fourth-order valence-electron chi connectivity index (χ4n) is 1.78. The summed E-state index contributed by atoms with van der Waals surface area (Å²) in [6, 6.07) is 13.9. The van der Waals surface area contributed by atoms with Gasteiger partial charge >= 0.3 is 0 Å². The van der Waals surface area contributed by atoms with Gasteiger partial charge in [0.05, 0.1) is 9.80 Å². The molecular formula is C14H10Cl2O4S2. The molecule has 0 saturated carbocycles. The van der Waals surface area contributed by atoms with E-state index in [0.29, 0.717) is 5.56 Å². The average molecular weight is 377 g/mol. The van der Waals surface area contributed by atoms with Crippen molar-refractivity contribution in [3.63, 3.8) is 0 Å². The minimum Gasteiger partial charge on any atom is -0.207 e. The normalized spacial score (nSPS) is 13.1. The molecule has 0 bridgehead atoms. The number of rotatable bonds is 4. The van der Waals surface area contributed by atoms with E-state index in [-0.39, 0.29) is 15.4 Å². The third-order valence-corrected chi connectivity index (χ3v) is 5.53. The molecular weight excluding hydrogens is 367 g/mol. The largest absolute Gasteiger partial charge is 0.261 e. The lowest BCUT2D eigenvalue weighted by atomic mass is 10.1. The van der Waals surface area contributed by atoms with Crippen LogP contribution in [-0.4, -0.2) is 16.8 Å². The van der Waals surface area contributed by atoms with Crippen LogP contribution in [0.2, 0.25) is 0 Å². The minimum atomic E-state index is -4.01. The summed E-state index contributed by atoms with van der Waals surface area (Å²) < 4.78 is 46.0. The number of hydrogen-bond acceptors (Lipinski definition) is 4. The average Bonchev–Trinajstić information content (AvgIpc) is 2.44. The van der Waals surface area contributed by atoms with E-state index >= 15 is 0 Å². The molecule has 2 aromatic rings. The van der Waals surface area contributed by atoms with E-state index in [2.05, 4.69) is 0 Å². The molecule has 0 aliphatic rings. The van der Waals surface area contributed by atoms with E-state index < -0.39 is 18.1 Å². The van der Waals surface area contributed by atoms with Gasteiger partial charge in [0.25, 0.3) is 18.1 Å². The van der Waals surface area contributed by atoms with Crippen molar-refractivity contribution in [3.05, 3.63) is 65.7 Å². The SMILES string of the molecule is O=S(=O)(Cl)C(=Cc1ccccc1)c1ccc(S(=O)(=O)Cl)cc1. The summed E-state index contributed by atoms with van der Waals surface area (Å²) in [6.45, 7) is 0. The van der Waals surface area contributed by atoms with Crippen molar-refractivity contribution in [1.82, 2.24) is 0 Å². The fourth-order valence-corrected chi connectivity index (χ4v) is 3.64. The van der Waals surface area contributed by atoms with Crippen LogP contribution in [0.1, 0.15) is 11.1 Å². The molecule has 0 N–H and O–H groups in total. The molecule has 22 heavy (non-hydrogen) atoms. The van der Waals surface area contributed by atoms with E-state index in [4.69, 9.17) is 21.4 Å². The van der Waals surface area contributed by atoms with Crippen LogP contribution >= 0.6 is 21.4 Å². The van der Waals surface area contributed by atoms with Crippen LogP contribution in [0.3, 0.4) is 0 Å². The second-order valence-corrected chi connectivity index (χ2v) is 9.42. The van der Waals surface area contributed by atoms with Gasteiger partial charge in [0, 0.05) is 21.4 Å². The summed E-state index contributed by atoms with van der Waals surface area (Å²) in [5.74, 6) is 0.